The van der Waals surface area contributed by atoms with Gasteiger partial charge in [-0.05, 0) is 34.5 Å². The van der Waals surface area contributed by atoms with Crippen LogP contribution in [0.3, 0.4) is 0 Å². The Hall–Kier alpha value is -0.400. The third-order valence-corrected chi connectivity index (χ3v) is 6.43. The molecule has 2 rings (SSSR count). The molecule has 2 aromatic heterocycles. The molecule has 0 bridgehead atoms. The molecule has 0 saturated heterocycles. The maximum atomic E-state index is 12.2. The molecule has 0 saturated carbocycles. The first kappa shape index (κ1) is 13.0. The Morgan fingerprint density at radius 2 is 2.12 bits per heavy atom. The van der Waals surface area contributed by atoms with Crippen LogP contribution < -0.4 is 0 Å². The van der Waals surface area contributed by atoms with Crippen LogP contribution in [0.4, 0.5) is 0 Å². The van der Waals surface area contributed by atoms with Gasteiger partial charge in [-0.1, -0.05) is 11.6 Å². The van der Waals surface area contributed by atoms with Gasteiger partial charge in [0, 0.05) is 13.6 Å². The number of nitrogens with zero attached hydrogens (tertiary/aromatic N) is 1. The summed E-state index contributed by atoms with van der Waals surface area (Å²) in [4.78, 5) is 0. The molecule has 2 aromatic rings. The van der Waals surface area contributed by atoms with E-state index >= 15 is 0 Å². The average Bonchev–Trinajstić information content (AvgIpc) is 2.89. The van der Waals surface area contributed by atoms with Gasteiger partial charge in [0.25, 0.3) is 10.0 Å². The number of thiophene rings is 2. The Labute approximate surface area is 113 Å². The van der Waals surface area contributed by atoms with Crippen LogP contribution in [-0.4, -0.2) is 19.8 Å². The van der Waals surface area contributed by atoms with E-state index in [1.807, 2.05) is 16.8 Å². The molecule has 7 heteroatoms. The van der Waals surface area contributed by atoms with Gasteiger partial charge < -0.3 is 0 Å². The minimum absolute atomic E-state index is 0.278. The van der Waals surface area contributed by atoms with E-state index in [2.05, 4.69) is 0 Å². The van der Waals surface area contributed by atoms with Gasteiger partial charge in [-0.3, -0.25) is 0 Å². The SMILES string of the molecule is CN(Cc1ccsc1)S(=O)(=O)c1ccc(Cl)s1. The third-order valence-electron chi connectivity index (χ3n) is 2.20. The van der Waals surface area contributed by atoms with Crippen LogP contribution in [0.15, 0.2) is 33.2 Å². The summed E-state index contributed by atoms with van der Waals surface area (Å²) < 4.78 is 26.4. The van der Waals surface area contributed by atoms with Crippen LogP contribution in [0.2, 0.25) is 4.34 Å². The van der Waals surface area contributed by atoms with Gasteiger partial charge in [0.1, 0.15) is 4.21 Å². The molecule has 0 spiro atoms. The van der Waals surface area contributed by atoms with Gasteiger partial charge in [0.05, 0.1) is 4.34 Å². The van der Waals surface area contributed by atoms with Crippen molar-refractivity contribution in [3.8, 4) is 0 Å². The largest absolute Gasteiger partial charge is 0.252 e. The van der Waals surface area contributed by atoms with Crippen molar-refractivity contribution in [1.29, 1.82) is 0 Å². The van der Waals surface area contributed by atoms with E-state index in [4.69, 9.17) is 11.6 Å². The molecule has 0 aliphatic heterocycles. The molecule has 92 valence electrons. The molecule has 0 radical (unpaired) electrons. The lowest BCUT2D eigenvalue weighted by atomic mass is 10.3. The number of halogens is 1. The quantitative estimate of drug-likeness (QED) is 0.869. The Balaban J connectivity index is 2.21. The van der Waals surface area contributed by atoms with Crippen LogP contribution >= 0.6 is 34.3 Å². The first-order valence-electron chi connectivity index (χ1n) is 4.73. The standard InChI is InChI=1S/C10H10ClNO2S3/c1-12(6-8-4-5-15-7-8)17(13,14)10-3-2-9(11)16-10/h2-5,7H,6H2,1H3. The first-order valence-corrected chi connectivity index (χ1v) is 8.30. The minimum atomic E-state index is -3.42. The van der Waals surface area contributed by atoms with Crippen molar-refractivity contribution < 1.29 is 8.42 Å². The van der Waals surface area contributed by atoms with E-state index in [-0.39, 0.29) is 4.21 Å². The number of hydrogen-bond donors (Lipinski definition) is 0. The molecule has 0 fully saturated rings. The summed E-state index contributed by atoms with van der Waals surface area (Å²) in [5, 5.41) is 3.87. The fourth-order valence-corrected chi connectivity index (χ4v) is 4.83. The summed E-state index contributed by atoms with van der Waals surface area (Å²) in [6, 6.07) is 5.04. The zero-order valence-corrected chi connectivity index (χ0v) is 12.2. The monoisotopic (exact) mass is 307 g/mol. The Morgan fingerprint density at radius 3 is 2.65 bits per heavy atom. The zero-order chi connectivity index (χ0) is 12.5. The fourth-order valence-electron chi connectivity index (χ4n) is 1.31. The molecule has 0 N–H and O–H groups in total. The highest BCUT2D eigenvalue weighted by molar-refractivity contribution is 7.91. The van der Waals surface area contributed by atoms with Gasteiger partial charge in [-0.2, -0.15) is 15.6 Å². The van der Waals surface area contributed by atoms with Crippen molar-refractivity contribution in [2.75, 3.05) is 7.05 Å². The summed E-state index contributed by atoms with van der Waals surface area (Å²) in [5.41, 5.74) is 0.990. The highest BCUT2D eigenvalue weighted by Gasteiger charge is 2.22. The average molecular weight is 308 g/mol. The van der Waals surface area contributed by atoms with Crippen LogP contribution in [0.1, 0.15) is 5.56 Å². The second kappa shape index (κ2) is 5.07. The van der Waals surface area contributed by atoms with E-state index in [0.717, 1.165) is 16.9 Å². The van der Waals surface area contributed by atoms with Crippen molar-refractivity contribution in [2.24, 2.45) is 0 Å². The molecule has 17 heavy (non-hydrogen) atoms. The predicted molar refractivity (Wildman–Crippen MR) is 72.3 cm³/mol. The van der Waals surface area contributed by atoms with Crippen molar-refractivity contribution in [3.05, 3.63) is 38.9 Å². The lowest BCUT2D eigenvalue weighted by Crippen LogP contribution is -2.25. The molecule has 0 aliphatic carbocycles. The van der Waals surface area contributed by atoms with E-state index in [1.54, 1.807) is 24.5 Å². The third kappa shape index (κ3) is 2.89. The zero-order valence-electron chi connectivity index (χ0n) is 8.96. The Bertz CT molecular complexity index is 589. The second-order valence-corrected chi connectivity index (χ2v) is 8.22. The maximum absolute atomic E-state index is 12.2. The first-order chi connectivity index (χ1) is 8.00. The number of hydrogen-bond acceptors (Lipinski definition) is 4. The summed E-state index contributed by atoms with van der Waals surface area (Å²) in [7, 11) is -1.85. The second-order valence-electron chi connectivity index (χ2n) is 3.45. The van der Waals surface area contributed by atoms with Crippen LogP contribution in [-0.2, 0) is 16.6 Å². The normalized spacial score (nSPS) is 12.2. The van der Waals surface area contributed by atoms with Crippen molar-refractivity contribution in [1.82, 2.24) is 4.31 Å². The summed E-state index contributed by atoms with van der Waals surface area (Å²) in [6.45, 7) is 0.376. The van der Waals surface area contributed by atoms with E-state index in [1.165, 1.54) is 10.4 Å². The number of sulfonamides is 1. The van der Waals surface area contributed by atoms with Crippen molar-refractivity contribution in [2.45, 2.75) is 10.8 Å². The van der Waals surface area contributed by atoms with Crippen LogP contribution in [0.25, 0.3) is 0 Å². The molecule has 0 amide bonds. The van der Waals surface area contributed by atoms with Crippen LogP contribution in [0, 0.1) is 0 Å². The molecule has 2 heterocycles. The molecule has 0 atom stereocenters. The van der Waals surface area contributed by atoms with Gasteiger partial charge >= 0.3 is 0 Å². The van der Waals surface area contributed by atoms with Crippen LogP contribution in [0.5, 0.6) is 0 Å². The molecule has 3 nitrogen and oxygen atoms in total. The Morgan fingerprint density at radius 1 is 1.35 bits per heavy atom. The molecular formula is C10H10ClNO2S3. The summed E-state index contributed by atoms with van der Waals surface area (Å²) in [5.74, 6) is 0. The van der Waals surface area contributed by atoms with Gasteiger partial charge in [0.15, 0.2) is 0 Å². The van der Waals surface area contributed by atoms with Crippen molar-refractivity contribution >= 4 is 44.3 Å². The van der Waals surface area contributed by atoms with E-state index in [0.29, 0.717) is 10.9 Å². The van der Waals surface area contributed by atoms with Gasteiger partial charge in [-0.25, -0.2) is 8.42 Å². The molecule has 0 aliphatic rings. The van der Waals surface area contributed by atoms with E-state index < -0.39 is 10.0 Å². The Kier molecular flexibility index (Phi) is 3.89. The van der Waals surface area contributed by atoms with Crippen molar-refractivity contribution in [3.63, 3.8) is 0 Å². The summed E-state index contributed by atoms with van der Waals surface area (Å²) >= 11 is 8.38. The fraction of sp³-hybridized carbons (Fsp3) is 0.200. The topological polar surface area (TPSA) is 37.4 Å². The highest BCUT2D eigenvalue weighted by Crippen LogP contribution is 2.28. The molecular weight excluding hydrogens is 298 g/mol. The number of rotatable bonds is 4. The van der Waals surface area contributed by atoms with Gasteiger partial charge in [-0.15, -0.1) is 11.3 Å². The lowest BCUT2D eigenvalue weighted by molar-refractivity contribution is 0.469. The lowest BCUT2D eigenvalue weighted by Gasteiger charge is -2.14. The molecule has 0 aromatic carbocycles. The minimum Gasteiger partial charge on any atom is -0.206 e. The predicted octanol–water partition coefficient (Wildman–Crippen LogP) is 3.28. The smallest absolute Gasteiger partial charge is 0.206 e. The highest BCUT2D eigenvalue weighted by atomic mass is 35.5. The maximum Gasteiger partial charge on any atom is 0.252 e. The molecule has 0 unspecified atom stereocenters. The van der Waals surface area contributed by atoms with E-state index in [9.17, 15) is 8.42 Å². The summed E-state index contributed by atoms with van der Waals surface area (Å²) in [6.07, 6.45) is 0. The van der Waals surface area contributed by atoms with Gasteiger partial charge in [0.2, 0.25) is 0 Å².